The molecule has 0 aromatic carbocycles. The van der Waals surface area contributed by atoms with E-state index in [2.05, 4.69) is 11.9 Å². The predicted octanol–water partition coefficient (Wildman–Crippen LogP) is -0.634. The van der Waals surface area contributed by atoms with Gasteiger partial charge in [-0.2, -0.15) is 0 Å². The topological polar surface area (TPSA) is 72.9 Å². The first-order chi connectivity index (χ1) is 7.56. The molecular weight excluding hydrogens is 210 g/mol. The van der Waals surface area contributed by atoms with E-state index < -0.39 is 0 Å². The summed E-state index contributed by atoms with van der Waals surface area (Å²) < 4.78 is 0. The average molecular weight is 227 g/mol. The summed E-state index contributed by atoms with van der Waals surface area (Å²) in [4.78, 5) is 25.6. The summed E-state index contributed by atoms with van der Waals surface area (Å²) in [5.74, 6) is -0.203. The molecular formula is C10H17N3O3. The lowest BCUT2D eigenvalue weighted by atomic mass is 10.3. The lowest BCUT2D eigenvalue weighted by Crippen LogP contribution is -2.38. The normalized spacial score (nSPS) is 15.5. The molecule has 16 heavy (non-hydrogen) atoms. The Bertz CT molecular complexity index is 304. The van der Waals surface area contributed by atoms with Crippen LogP contribution in [0.1, 0.15) is 6.92 Å². The molecule has 0 unspecified atom stereocenters. The van der Waals surface area contributed by atoms with Crippen molar-refractivity contribution in [3.05, 3.63) is 12.2 Å². The second-order valence-corrected chi connectivity index (χ2v) is 3.71. The summed E-state index contributed by atoms with van der Waals surface area (Å²) in [7, 11) is 0. The fourth-order valence-corrected chi connectivity index (χ4v) is 1.43. The van der Waals surface area contributed by atoms with Gasteiger partial charge in [0, 0.05) is 31.8 Å². The molecule has 1 heterocycles. The van der Waals surface area contributed by atoms with Crippen molar-refractivity contribution in [1.82, 2.24) is 15.1 Å². The van der Waals surface area contributed by atoms with E-state index in [1.807, 2.05) is 0 Å². The van der Waals surface area contributed by atoms with Crippen LogP contribution in [0.3, 0.4) is 0 Å². The Morgan fingerprint density at radius 1 is 1.50 bits per heavy atom. The minimum atomic E-state index is -0.256. The highest BCUT2D eigenvalue weighted by atomic mass is 16.3. The Balaban J connectivity index is 2.27. The number of aliphatic hydroxyl groups excluding tert-OH is 1. The summed E-state index contributed by atoms with van der Waals surface area (Å²) >= 11 is 0. The van der Waals surface area contributed by atoms with Gasteiger partial charge in [-0.1, -0.05) is 6.58 Å². The highest BCUT2D eigenvalue weighted by Crippen LogP contribution is 2.06. The van der Waals surface area contributed by atoms with E-state index in [4.69, 9.17) is 5.11 Å². The van der Waals surface area contributed by atoms with Crippen molar-refractivity contribution < 1.29 is 14.7 Å². The zero-order chi connectivity index (χ0) is 12.1. The minimum absolute atomic E-state index is 0.188. The van der Waals surface area contributed by atoms with Crippen LogP contribution in [0.4, 0.5) is 4.79 Å². The molecule has 0 spiro atoms. The fraction of sp³-hybridized carbons (Fsp3) is 0.600. The highest BCUT2D eigenvalue weighted by Gasteiger charge is 2.26. The van der Waals surface area contributed by atoms with E-state index >= 15 is 0 Å². The molecule has 6 nitrogen and oxygen atoms in total. The highest BCUT2D eigenvalue weighted by molar-refractivity contribution is 5.92. The largest absolute Gasteiger partial charge is 0.376 e. The van der Waals surface area contributed by atoms with E-state index in [1.54, 1.807) is 11.8 Å². The van der Waals surface area contributed by atoms with Crippen molar-refractivity contribution in [1.29, 1.82) is 0 Å². The Hall–Kier alpha value is -1.56. The van der Waals surface area contributed by atoms with E-state index in [0.717, 1.165) is 0 Å². The van der Waals surface area contributed by atoms with Crippen LogP contribution in [0, 0.1) is 0 Å². The molecule has 90 valence electrons. The molecule has 0 atom stereocenters. The van der Waals surface area contributed by atoms with Gasteiger partial charge in [-0.05, 0) is 6.92 Å². The maximum atomic E-state index is 11.5. The first-order valence-corrected chi connectivity index (χ1v) is 5.14. The summed E-state index contributed by atoms with van der Waals surface area (Å²) in [5, 5.41) is 11.5. The van der Waals surface area contributed by atoms with Gasteiger partial charge in [-0.25, -0.2) is 4.79 Å². The average Bonchev–Trinajstić information content (AvgIpc) is 2.59. The fourth-order valence-electron chi connectivity index (χ4n) is 1.43. The zero-order valence-corrected chi connectivity index (χ0v) is 9.40. The van der Waals surface area contributed by atoms with Crippen molar-refractivity contribution in [2.24, 2.45) is 0 Å². The summed E-state index contributed by atoms with van der Waals surface area (Å²) in [6.07, 6.45) is 0. The van der Waals surface area contributed by atoms with Gasteiger partial charge >= 0.3 is 6.03 Å². The number of carbonyl (C=O) groups excluding carboxylic acids is 2. The molecule has 1 aliphatic rings. The SMILES string of the molecule is C=C(C)C(=O)NCCN1CCN(CO)C1=O. The molecule has 1 rings (SSSR count). The van der Waals surface area contributed by atoms with Crippen molar-refractivity contribution in [3.63, 3.8) is 0 Å². The summed E-state index contributed by atoms with van der Waals surface area (Å²) in [6, 6.07) is -0.188. The van der Waals surface area contributed by atoms with Crippen LogP contribution in [0.25, 0.3) is 0 Å². The number of hydrogen-bond donors (Lipinski definition) is 2. The number of rotatable bonds is 5. The lowest BCUT2D eigenvalue weighted by Gasteiger charge is -2.17. The third kappa shape index (κ3) is 2.96. The molecule has 1 aliphatic heterocycles. The van der Waals surface area contributed by atoms with Crippen LogP contribution in [0.15, 0.2) is 12.2 Å². The minimum Gasteiger partial charge on any atom is -0.376 e. The van der Waals surface area contributed by atoms with Gasteiger partial charge in [-0.3, -0.25) is 9.69 Å². The van der Waals surface area contributed by atoms with Crippen LogP contribution < -0.4 is 5.32 Å². The van der Waals surface area contributed by atoms with Crippen molar-refractivity contribution in [3.8, 4) is 0 Å². The number of nitrogens with zero attached hydrogens (tertiary/aromatic N) is 2. The molecule has 0 radical (unpaired) electrons. The lowest BCUT2D eigenvalue weighted by molar-refractivity contribution is -0.117. The second-order valence-electron chi connectivity index (χ2n) is 3.71. The summed E-state index contributed by atoms with van der Waals surface area (Å²) in [5.41, 5.74) is 0.449. The smallest absolute Gasteiger partial charge is 0.322 e. The summed E-state index contributed by atoms with van der Waals surface area (Å²) in [6.45, 7) is 6.85. The third-order valence-electron chi connectivity index (χ3n) is 2.41. The van der Waals surface area contributed by atoms with Gasteiger partial charge in [-0.15, -0.1) is 0 Å². The molecule has 0 saturated carbocycles. The Morgan fingerprint density at radius 2 is 2.12 bits per heavy atom. The van der Waals surface area contributed by atoms with Crippen LogP contribution in [0.2, 0.25) is 0 Å². The van der Waals surface area contributed by atoms with Crippen LogP contribution in [-0.4, -0.2) is 59.8 Å². The van der Waals surface area contributed by atoms with Crippen molar-refractivity contribution >= 4 is 11.9 Å². The van der Waals surface area contributed by atoms with Gasteiger partial charge in [0.2, 0.25) is 5.91 Å². The number of urea groups is 1. The molecule has 0 aromatic heterocycles. The van der Waals surface area contributed by atoms with E-state index in [0.29, 0.717) is 31.8 Å². The van der Waals surface area contributed by atoms with Crippen molar-refractivity contribution in [2.45, 2.75) is 6.92 Å². The number of amides is 3. The van der Waals surface area contributed by atoms with Gasteiger partial charge in [0.25, 0.3) is 0 Å². The van der Waals surface area contributed by atoms with Gasteiger partial charge in [0.05, 0.1) is 0 Å². The van der Waals surface area contributed by atoms with Gasteiger partial charge in [0.15, 0.2) is 0 Å². The quantitative estimate of drug-likeness (QED) is 0.614. The van der Waals surface area contributed by atoms with Crippen LogP contribution in [0.5, 0.6) is 0 Å². The predicted molar refractivity (Wildman–Crippen MR) is 58.6 cm³/mol. The standard InChI is InChI=1S/C10H17N3O3/c1-8(2)9(15)11-3-4-12-5-6-13(7-14)10(12)16/h14H,1,3-7H2,2H3,(H,11,15). The molecule has 6 heteroatoms. The van der Waals surface area contributed by atoms with Crippen LogP contribution >= 0.6 is 0 Å². The van der Waals surface area contributed by atoms with E-state index in [9.17, 15) is 9.59 Å². The molecule has 3 amide bonds. The number of nitrogens with one attached hydrogen (secondary N) is 1. The number of hydrogen-bond acceptors (Lipinski definition) is 3. The monoisotopic (exact) mass is 227 g/mol. The van der Waals surface area contributed by atoms with Gasteiger partial charge in [0.1, 0.15) is 6.73 Å². The third-order valence-corrected chi connectivity index (χ3v) is 2.41. The first-order valence-electron chi connectivity index (χ1n) is 5.14. The van der Waals surface area contributed by atoms with Gasteiger partial charge < -0.3 is 15.3 Å². The zero-order valence-electron chi connectivity index (χ0n) is 9.40. The number of carbonyl (C=O) groups is 2. The maximum Gasteiger partial charge on any atom is 0.322 e. The van der Waals surface area contributed by atoms with Crippen molar-refractivity contribution in [2.75, 3.05) is 32.9 Å². The Labute approximate surface area is 94.5 Å². The molecule has 2 N–H and O–H groups in total. The Kier molecular flexibility index (Phi) is 4.30. The molecule has 1 saturated heterocycles. The van der Waals surface area contributed by atoms with E-state index in [-0.39, 0.29) is 18.7 Å². The number of aliphatic hydroxyl groups is 1. The molecule has 0 aromatic rings. The molecule has 0 bridgehead atoms. The second kappa shape index (κ2) is 5.50. The Morgan fingerprint density at radius 3 is 2.62 bits per heavy atom. The van der Waals surface area contributed by atoms with Crippen LogP contribution in [-0.2, 0) is 4.79 Å². The molecule has 0 aliphatic carbocycles. The maximum absolute atomic E-state index is 11.5. The first kappa shape index (κ1) is 12.5. The van der Waals surface area contributed by atoms with E-state index in [1.165, 1.54) is 4.90 Å². The molecule has 1 fully saturated rings.